The van der Waals surface area contributed by atoms with Crippen molar-refractivity contribution in [2.24, 2.45) is 0 Å². The van der Waals surface area contributed by atoms with Gasteiger partial charge in [0.05, 0.1) is 0 Å². The molecule has 76 valence electrons. The lowest BCUT2D eigenvalue weighted by Crippen LogP contribution is -2.45. The zero-order chi connectivity index (χ0) is 10.3. The summed E-state index contributed by atoms with van der Waals surface area (Å²) in [6, 6.07) is 0.523. The van der Waals surface area contributed by atoms with Crippen molar-refractivity contribution in [3.05, 3.63) is 25.3 Å². The Balaban J connectivity index is 4.13. The van der Waals surface area contributed by atoms with Crippen LogP contribution in [-0.4, -0.2) is 11.6 Å². The highest BCUT2D eigenvalue weighted by molar-refractivity contribution is 4.92. The molecule has 0 aromatic heterocycles. The van der Waals surface area contributed by atoms with Crippen molar-refractivity contribution < 1.29 is 0 Å². The molecule has 0 aromatic rings. The lowest BCUT2D eigenvalue weighted by atomic mass is 9.91. The predicted molar refractivity (Wildman–Crippen MR) is 60.9 cm³/mol. The molecule has 1 atom stereocenters. The first kappa shape index (κ1) is 12.4. The summed E-state index contributed by atoms with van der Waals surface area (Å²) >= 11 is 0. The second kappa shape index (κ2) is 5.98. The van der Waals surface area contributed by atoms with E-state index in [4.69, 9.17) is 0 Å². The zero-order valence-electron chi connectivity index (χ0n) is 9.27. The third-order valence-corrected chi connectivity index (χ3v) is 2.13. The largest absolute Gasteiger partial charge is 0.309 e. The number of hydrogen-bond acceptors (Lipinski definition) is 1. The van der Waals surface area contributed by atoms with Gasteiger partial charge in [0.1, 0.15) is 0 Å². The molecule has 0 bridgehead atoms. The molecule has 1 heteroatoms. The van der Waals surface area contributed by atoms with Gasteiger partial charge in [-0.1, -0.05) is 26.0 Å². The Kier molecular flexibility index (Phi) is 5.72. The van der Waals surface area contributed by atoms with Crippen LogP contribution in [0, 0.1) is 0 Å². The number of hydrogen-bond donors (Lipinski definition) is 1. The molecule has 0 saturated carbocycles. The van der Waals surface area contributed by atoms with Crippen LogP contribution < -0.4 is 5.32 Å². The molecule has 1 unspecified atom stereocenters. The first-order valence-corrected chi connectivity index (χ1v) is 5.03. The maximum atomic E-state index is 3.80. The van der Waals surface area contributed by atoms with E-state index in [0.29, 0.717) is 6.04 Å². The molecule has 0 amide bonds. The van der Waals surface area contributed by atoms with Crippen LogP contribution in [0.2, 0.25) is 0 Å². The molecular weight excluding hydrogens is 158 g/mol. The monoisotopic (exact) mass is 181 g/mol. The van der Waals surface area contributed by atoms with Gasteiger partial charge in [-0.25, -0.2) is 0 Å². The van der Waals surface area contributed by atoms with Gasteiger partial charge in [0.2, 0.25) is 0 Å². The Bertz CT molecular complexity index is 161. The van der Waals surface area contributed by atoms with Gasteiger partial charge < -0.3 is 5.32 Å². The van der Waals surface area contributed by atoms with E-state index >= 15 is 0 Å². The number of allylic oxidation sites excluding steroid dienone is 1. The van der Waals surface area contributed by atoms with Crippen LogP contribution in [0.15, 0.2) is 25.3 Å². The minimum Gasteiger partial charge on any atom is -0.309 e. The van der Waals surface area contributed by atoms with E-state index in [2.05, 4.69) is 39.2 Å². The lowest BCUT2D eigenvalue weighted by Gasteiger charge is -2.32. The molecule has 0 spiro atoms. The summed E-state index contributed by atoms with van der Waals surface area (Å²) in [4.78, 5) is 0. The summed E-state index contributed by atoms with van der Waals surface area (Å²) in [6.45, 7) is 14.1. The van der Waals surface area contributed by atoms with Crippen molar-refractivity contribution in [2.45, 2.75) is 51.6 Å². The molecule has 0 saturated heterocycles. The second-order valence-electron chi connectivity index (χ2n) is 4.18. The van der Waals surface area contributed by atoms with Crippen molar-refractivity contribution >= 4 is 0 Å². The van der Waals surface area contributed by atoms with Gasteiger partial charge >= 0.3 is 0 Å². The molecule has 1 nitrogen and oxygen atoms in total. The number of rotatable bonds is 7. The molecule has 0 aliphatic heterocycles. The minimum atomic E-state index is 0.185. The predicted octanol–water partition coefficient (Wildman–Crippen LogP) is 3.29. The van der Waals surface area contributed by atoms with Gasteiger partial charge in [0, 0.05) is 11.6 Å². The van der Waals surface area contributed by atoms with E-state index in [1.165, 1.54) is 0 Å². The van der Waals surface area contributed by atoms with Crippen LogP contribution in [-0.2, 0) is 0 Å². The van der Waals surface area contributed by atoms with Crippen molar-refractivity contribution in [2.75, 3.05) is 0 Å². The van der Waals surface area contributed by atoms with Crippen molar-refractivity contribution in [1.29, 1.82) is 0 Å². The first-order chi connectivity index (χ1) is 6.04. The minimum absolute atomic E-state index is 0.185. The fourth-order valence-electron chi connectivity index (χ4n) is 1.67. The van der Waals surface area contributed by atoms with Gasteiger partial charge in [-0.15, -0.1) is 13.2 Å². The van der Waals surface area contributed by atoms with Crippen LogP contribution in [0.4, 0.5) is 0 Å². The van der Waals surface area contributed by atoms with Gasteiger partial charge in [0.25, 0.3) is 0 Å². The molecule has 0 aliphatic rings. The van der Waals surface area contributed by atoms with E-state index < -0.39 is 0 Å². The Labute approximate surface area is 82.9 Å². The lowest BCUT2D eigenvalue weighted by molar-refractivity contribution is 0.309. The van der Waals surface area contributed by atoms with Gasteiger partial charge in [-0.2, -0.15) is 0 Å². The molecule has 0 rings (SSSR count). The summed E-state index contributed by atoms with van der Waals surface area (Å²) < 4.78 is 0. The first-order valence-electron chi connectivity index (χ1n) is 5.03. The summed E-state index contributed by atoms with van der Waals surface area (Å²) in [5, 5.41) is 3.57. The Morgan fingerprint density at radius 3 is 2.31 bits per heavy atom. The van der Waals surface area contributed by atoms with E-state index in [1.54, 1.807) is 0 Å². The highest BCUT2D eigenvalue weighted by Crippen LogP contribution is 2.18. The smallest absolute Gasteiger partial charge is 0.0192 e. The van der Waals surface area contributed by atoms with Crippen LogP contribution in [0.1, 0.15) is 40.0 Å². The molecule has 0 aliphatic carbocycles. The maximum Gasteiger partial charge on any atom is 0.0192 e. The Morgan fingerprint density at radius 1 is 1.31 bits per heavy atom. The summed E-state index contributed by atoms with van der Waals surface area (Å²) in [5.74, 6) is 0. The van der Waals surface area contributed by atoms with Gasteiger partial charge in [-0.3, -0.25) is 0 Å². The zero-order valence-corrected chi connectivity index (χ0v) is 9.27. The van der Waals surface area contributed by atoms with Crippen molar-refractivity contribution in [3.63, 3.8) is 0 Å². The topological polar surface area (TPSA) is 12.0 Å². The van der Waals surface area contributed by atoms with Crippen molar-refractivity contribution in [3.8, 4) is 0 Å². The van der Waals surface area contributed by atoms with Crippen LogP contribution >= 0.6 is 0 Å². The summed E-state index contributed by atoms with van der Waals surface area (Å²) in [6.07, 6.45) is 7.16. The quantitative estimate of drug-likeness (QED) is 0.594. The molecule has 13 heavy (non-hydrogen) atoms. The molecule has 1 N–H and O–H groups in total. The van der Waals surface area contributed by atoms with Crippen LogP contribution in [0.25, 0.3) is 0 Å². The highest BCUT2D eigenvalue weighted by Gasteiger charge is 2.21. The van der Waals surface area contributed by atoms with E-state index in [1.807, 2.05) is 12.2 Å². The summed E-state index contributed by atoms with van der Waals surface area (Å²) in [5.41, 5.74) is 0.185. The van der Waals surface area contributed by atoms with Crippen LogP contribution in [0.5, 0.6) is 0 Å². The van der Waals surface area contributed by atoms with Crippen molar-refractivity contribution in [1.82, 2.24) is 5.32 Å². The van der Waals surface area contributed by atoms with E-state index in [9.17, 15) is 0 Å². The molecule has 0 aromatic carbocycles. The third kappa shape index (κ3) is 5.64. The van der Waals surface area contributed by atoms with E-state index in [0.717, 1.165) is 19.3 Å². The molecule has 0 radical (unpaired) electrons. The normalized spacial score (nSPS) is 15.4. The maximum absolute atomic E-state index is 3.80. The molecular formula is C12H23N. The second-order valence-corrected chi connectivity index (χ2v) is 4.18. The van der Waals surface area contributed by atoms with Crippen LogP contribution in [0.3, 0.4) is 0 Å². The van der Waals surface area contributed by atoms with E-state index in [-0.39, 0.29) is 5.54 Å². The Hall–Kier alpha value is -0.560. The fraction of sp³-hybridized carbons (Fsp3) is 0.667. The van der Waals surface area contributed by atoms with Gasteiger partial charge in [-0.05, 0) is 26.2 Å². The fourth-order valence-corrected chi connectivity index (χ4v) is 1.67. The summed E-state index contributed by atoms with van der Waals surface area (Å²) in [7, 11) is 0. The average Bonchev–Trinajstić information content (AvgIpc) is 2.00. The van der Waals surface area contributed by atoms with Gasteiger partial charge in [0.15, 0.2) is 0 Å². The molecule has 0 heterocycles. The Morgan fingerprint density at radius 2 is 1.92 bits per heavy atom. The third-order valence-electron chi connectivity index (χ3n) is 2.13. The average molecular weight is 181 g/mol. The molecule has 0 fully saturated rings. The number of nitrogens with one attached hydrogen (secondary N) is 1. The SMILES string of the molecule is C=CCCC(C)(CC=C)NC(C)C. The standard InChI is InChI=1S/C12H23N/c1-6-8-10-12(5,9-7-2)13-11(3)4/h6-7,11,13H,1-2,8-10H2,3-5H3. The highest BCUT2D eigenvalue weighted by atomic mass is 15.0.